The van der Waals surface area contributed by atoms with E-state index in [1.165, 1.54) is 24.6 Å². The lowest BCUT2D eigenvalue weighted by Crippen LogP contribution is -2.52. The SMILES string of the molecule is C.C.C.C.C=C(C)N1CCC(N(Cc2ccco2)C(=O)Nc2ccccc2OC)CC1.CC(=O)N1CCC(N(C(=O)Nc2cccc(C(F)(F)F)c2)C(C)C)CC1.CC(=O)N1CCC(N(Cc2ccco2)C(=O)Nc2ccc(C)c(C)c2)CC1.CCOC(=O)c1ccccc1NC(=O)N(C(C)C)C1CCN(C(C)=O)CC1.CCOc1ccccc1NC(=O)N(C(C)C)C1CCN(C(C)=O)CC1. The minimum absolute atomic E-state index is 0. The first kappa shape index (κ1) is 116. The summed E-state index contributed by atoms with van der Waals surface area (Å²) in [5.41, 5.74) is 5.61. The predicted octanol–water partition coefficient (Wildman–Crippen LogP) is 21.2. The lowest BCUT2D eigenvalue weighted by atomic mass is 10.0. The van der Waals surface area contributed by atoms with Crippen LogP contribution in [-0.4, -0.2) is 243 Å². The van der Waals surface area contributed by atoms with Crippen LogP contribution in [0.2, 0.25) is 0 Å². The van der Waals surface area contributed by atoms with Gasteiger partial charge in [-0.3, -0.25) is 19.2 Å². The number of likely N-dealkylation sites (tertiary alicyclic amines) is 5. The standard InChI is InChI=1S/2C21H27N3O3.C20H29N3O4.C19H29N3O3.C18H24F3N3O2.4CH4/c1-15-6-7-18(13-16(15)2)22-21(26)24(14-20-5-4-12-27-20)19-8-10-23(11-9-19)17(3)25;1-16(2)23-12-10-17(11-13-23)24(15-18-7-6-14-27-18)21(25)22-19-8-4-5-9-20(19)26-3;1-5-27-19(25)17-8-6-7-9-18(17)21-20(26)23(14(2)3)16-10-12-22(13-11-16)15(4)24;1-5-25-18-9-7-6-8-17(18)20-19(24)22(14(2)3)16-10-12-21(13-11-16)15(4)23;1-12(2)24(16-7-9-23(10-8-16)13(3)25)17(26)22-15-6-4-5-14(11-15)18(19,20)21;;;;/h4-7,12-13,19H,8-11,14H2,1-3H3,(H,22,26);4-9,14,17H,1,10-13,15H2,2-3H3,(H,22,25);6-9,14,16H,5,10-13H2,1-4H3,(H,21,26);6-9,14,16H,5,10-13H2,1-4H3,(H,20,24);4-6,11-12,16H,7-10H2,1-3H3,(H,22,26);4*1H4. The topological polar surface area (TPSA) is 317 Å². The average molecular weight is 1900 g/mol. The highest BCUT2D eigenvalue weighted by atomic mass is 19.4. The molecule has 0 unspecified atom stereocenters. The number of furan rings is 2. The summed E-state index contributed by atoms with van der Waals surface area (Å²) >= 11 is 0. The summed E-state index contributed by atoms with van der Waals surface area (Å²) in [4.78, 5) is 141. The molecule has 5 N–H and O–H groups in total. The second-order valence-corrected chi connectivity index (χ2v) is 34.2. The Morgan fingerprint density at radius 3 is 1.14 bits per heavy atom. The summed E-state index contributed by atoms with van der Waals surface area (Å²) in [6.07, 6.45) is 6.50. The number of alkyl halides is 3. The van der Waals surface area contributed by atoms with Gasteiger partial charge in [-0.25, -0.2) is 28.8 Å². The number of aryl methyl sites for hydroxylation is 2. The van der Waals surface area contributed by atoms with Gasteiger partial charge in [-0.05, 0) is 242 Å². The first-order chi connectivity index (χ1) is 62.9. The van der Waals surface area contributed by atoms with Gasteiger partial charge in [0, 0.05) is 159 Å². The second-order valence-electron chi connectivity index (χ2n) is 34.2. The number of carbonyl (C=O) groups is 10. The molecule has 14 amide bonds. The van der Waals surface area contributed by atoms with Crippen molar-refractivity contribution in [3.05, 3.63) is 198 Å². The molecule has 136 heavy (non-hydrogen) atoms. The molecule has 7 aromatic rings. The molecule has 5 aromatic carbocycles. The zero-order valence-corrected chi connectivity index (χ0v) is 79.5. The zero-order chi connectivity index (χ0) is 96.5. The van der Waals surface area contributed by atoms with E-state index in [-0.39, 0.29) is 138 Å². The molecular weight excluding hydrogens is 1740 g/mol. The number of nitrogens with zero attached hydrogens (tertiary/aromatic N) is 10. The van der Waals surface area contributed by atoms with Crippen LogP contribution in [0.1, 0.15) is 222 Å². The third-order valence-electron chi connectivity index (χ3n) is 24.1. The van der Waals surface area contributed by atoms with Crippen molar-refractivity contribution in [2.24, 2.45) is 0 Å². The van der Waals surface area contributed by atoms with Gasteiger partial charge in [-0.2, -0.15) is 13.2 Å². The van der Waals surface area contributed by atoms with Gasteiger partial charge in [-0.1, -0.05) is 84.8 Å². The second kappa shape index (κ2) is 56.6. The van der Waals surface area contributed by atoms with E-state index in [2.05, 4.69) is 38.1 Å². The van der Waals surface area contributed by atoms with E-state index in [4.69, 9.17) is 23.0 Å². The Morgan fingerprint density at radius 2 is 0.765 bits per heavy atom. The quantitative estimate of drug-likeness (QED) is 0.0372. The molecule has 33 heteroatoms. The summed E-state index contributed by atoms with van der Waals surface area (Å²) in [7, 11) is 1.60. The van der Waals surface area contributed by atoms with E-state index in [0.717, 1.165) is 105 Å². The monoisotopic (exact) mass is 1900 g/mol. The number of allylic oxidation sites excluding steroid dienone is 1. The van der Waals surface area contributed by atoms with Gasteiger partial charge >= 0.3 is 42.3 Å². The summed E-state index contributed by atoms with van der Waals surface area (Å²) in [5.74, 6) is 2.64. The van der Waals surface area contributed by atoms with Gasteiger partial charge in [0.25, 0.3) is 0 Å². The van der Waals surface area contributed by atoms with Crippen molar-refractivity contribution in [1.29, 1.82) is 0 Å². The fourth-order valence-corrected chi connectivity index (χ4v) is 16.9. The highest BCUT2D eigenvalue weighted by molar-refractivity contribution is 6.01. The molecule has 0 bridgehead atoms. The van der Waals surface area contributed by atoms with Crippen LogP contribution in [0, 0.1) is 13.8 Å². The molecule has 30 nitrogen and oxygen atoms in total. The van der Waals surface area contributed by atoms with Crippen LogP contribution in [0.25, 0.3) is 0 Å². The lowest BCUT2D eigenvalue weighted by molar-refractivity contribution is -0.137. The Balaban J connectivity index is 0.000000353. The number of ether oxygens (including phenoxy) is 3. The van der Waals surface area contributed by atoms with Crippen molar-refractivity contribution in [3.63, 3.8) is 0 Å². The van der Waals surface area contributed by atoms with E-state index in [1.54, 1.807) is 86.3 Å². The Morgan fingerprint density at radius 1 is 0.412 bits per heavy atom. The van der Waals surface area contributed by atoms with Gasteiger partial charge in [0.2, 0.25) is 23.6 Å². The van der Waals surface area contributed by atoms with Crippen LogP contribution < -0.4 is 36.1 Å². The number of piperidine rings is 5. The van der Waals surface area contributed by atoms with Crippen LogP contribution in [0.3, 0.4) is 0 Å². The highest BCUT2D eigenvalue weighted by Crippen LogP contribution is 2.34. The van der Waals surface area contributed by atoms with E-state index in [9.17, 15) is 61.1 Å². The number of hydrogen-bond donors (Lipinski definition) is 5. The van der Waals surface area contributed by atoms with Crippen LogP contribution in [0.15, 0.2) is 173 Å². The fourth-order valence-electron chi connectivity index (χ4n) is 16.9. The molecule has 5 aliphatic rings. The molecule has 5 saturated heterocycles. The summed E-state index contributed by atoms with van der Waals surface area (Å²) < 4.78 is 65.4. The van der Waals surface area contributed by atoms with Crippen molar-refractivity contribution < 1.29 is 84.2 Å². The minimum Gasteiger partial charge on any atom is -0.495 e. The number of amides is 14. The molecule has 12 rings (SSSR count). The first-order valence-electron chi connectivity index (χ1n) is 45.7. The number of carbonyl (C=O) groups excluding carboxylic acids is 10. The normalized spacial score (nSPS) is 14.6. The number of halogens is 3. The Bertz CT molecular complexity index is 4900. The van der Waals surface area contributed by atoms with Crippen molar-refractivity contribution in [2.45, 2.75) is 265 Å². The minimum atomic E-state index is -4.46. The summed E-state index contributed by atoms with van der Waals surface area (Å²) in [6.45, 7) is 40.4. The molecule has 5 fully saturated rings. The third-order valence-corrected chi connectivity index (χ3v) is 24.1. The van der Waals surface area contributed by atoms with E-state index < -0.39 is 23.7 Å². The number of nitrogens with one attached hydrogen (secondary N) is 5. The largest absolute Gasteiger partial charge is 0.495 e. The van der Waals surface area contributed by atoms with Crippen molar-refractivity contribution in [2.75, 3.05) is 112 Å². The fraction of sp³-hybridized carbons (Fsp3) is 0.515. The maximum absolute atomic E-state index is 13.1. The van der Waals surface area contributed by atoms with Gasteiger partial charge in [0.15, 0.2) is 0 Å². The number of methoxy groups -OCH3 is 1. The van der Waals surface area contributed by atoms with Crippen LogP contribution >= 0.6 is 0 Å². The van der Waals surface area contributed by atoms with Crippen molar-refractivity contribution in [1.82, 2.24) is 49.0 Å². The number of hydrogen-bond acceptors (Lipinski definition) is 16. The molecular formula is C103H152F3N15O15. The summed E-state index contributed by atoms with van der Waals surface area (Å²) in [6, 6.07) is 38.9. The van der Waals surface area contributed by atoms with Crippen LogP contribution in [0.5, 0.6) is 11.5 Å². The van der Waals surface area contributed by atoms with Crippen molar-refractivity contribution in [3.8, 4) is 11.5 Å². The Hall–Kier alpha value is -12.7. The number of urea groups is 5. The van der Waals surface area contributed by atoms with Gasteiger partial charge in [0.1, 0.15) is 23.0 Å². The number of anilines is 5. The van der Waals surface area contributed by atoms with Crippen molar-refractivity contribution >= 4 is 88.2 Å². The Labute approximate surface area is 804 Å². The predicted molar refractivity (Wildman–Crippen MR) is 532 cm³/mol. The molecule has 0 aliphatic carbocycles. The maximum atomic E-state index is 13.1. The summed E-state index contributed by atoms with van der Waals surface area (Å²) in [5, 5.41) is 14.4. The smallest absolute Gasteiger partial charge is 0.416 e. The van der Waals surface area contributed by atoms with E-state index >= 15 is 0 Å². The van der Waals surface area contributed by atoms with Gasteiger partial charge < -0.3 is 98.6 Å². The molecule has 5 aliphatic heterocycles. The molecule has 0 saturated carbocycles. The lowest BCUT2D eigenvalue weighted by Gasteiger charge is -2.40. The third kappa shape index (κ3) is 34.6. The van der Waals surface area contributed by atoms with E-state index in [1.807, 2.05) is 190 Å². The average Bonchev–Trinajstić information content (AvgIpc) is 1.11. The number of para-hydroxylation sites is 5. The van der Waals surface area contributed by atoms with Crippen LogP contribution in [0.4, 0.5) is 65.6 Å². The molecule has 0 spiro atoms. The first-order valence-corrected chi connectivity index (χ1v) is 45.7. The molecule has 2 aromatic heterocycles. The Kier molecular flexibility index (Phi) is 48.1. The number of esters is 1. The zero-order valence-electron chi connectivity index (χ0n) is 79.5. The van der Waals surface area contributed by atoms with Gasteiger partial charge in [0.05, 0.1) is 74.1 Å². The maximum Gasteiger partial charge on any atom is 0.416 e. The molecule has 750 valence electrons. The molecule has 0 radical (unpaired) electrons. The van der Waals surface area contributed by atoms with Crippen LogP contribution in [-0.2, 0) is 43.2 Å². The highest BCUT2D eigenvalue weighted by Gasteiger charge is 2.38. The number of benzene rings is 5. The van der Waals surface area contributed by atoms with Gasteiger partial charge in [-0.15, -0.1) is 0 Å². The molecule has 7 heterocycles. The number of rotatable bonds is 23. The van der Waals surface area contributed by atoms with E-state index in [0.29, 0.717) is 119 Å². The molecule has 0 atom stereocenters.